The molecule has 0 spiro atoms. The van der Waals surface area contributed by atoms with Gasteiger partial charge in [0.15, 0.2) is 0 Å². The molecular formula is C37H22BN3S. The van der Waals surface area contributed by atoms with Crippen molar-refractivity contribution in [2.45, 2.75) is 0 Å². The molecule has 0 aliphatic carbocycles. The largest absolute Gasteiger partial charge is 0.309 e. The summed E-state index contributed by atoms with van der Waals surface area (Å²) in [4.78, 5) is 7.46. The van der Waals surface area contributed by atoms with Crippen molar-refractivity contribution in [2.75, 3.05) is 4.90 Å². The second kappa shape index (κ2) is 8.22. The molecule has 2 aliphatic rings. The van der Waals surface area contributed by atoms with Crippen LogP contribution in [0.5, 0.6) is 0 Å². The number of benzene rings is 5. The van der Waals surface area contributed by atoms with Crippen LogP contribution in [0.1, 0.15) is 0 Å². The van der Waals surface area contributed by atoms with E-state index in [0.29, 0.717) is 0 Å². The lowest BCUT2D eigenvalue weighted by Gasteiger charge is -2.39. The van der Waals surface area contributed by atoms with Gasteiger partial charge in [0.2, 0.25) is 0 Å². The first-order valence-electron chi connectivity index (χ1n) is 14.4. The highest BCUT2D eigenvalue weighted by Crippen LogP contribution is 2.47. The van der Waals surface area contributed by atoms with Crippen LogP contribution in [0.25, 0.3) is 48.8 Å². The summed E-state index contributed by atoms with van der Waals surface area (Å²) in [5, 5.41) is 3.77. The number of hydrogen-bond acceptors (Lipinski definition) is 3. The highest BCUT2D eigenvalue weighted by atomic mass is 32.1. The minimum atomic E-state index is 0.143. The van der Waals surface area contributed by atoms with Crippen molar-refractivity contribution in [1.82, 2.24) is 9.55 Å². The normalized spacial score (nSPS) is 13.1. The summed E-state index contributed by atoms with van der Waals surface area (Å²) in [5.74, 6) is 0. The first kappa shape index (κ1) is 22.6. The van der Waals surface area contributed by atoms with Gasteiger partial charge in [-0.05, 0) is 52.9 Å². The summed E-state index contributed by atoms with van der Waals surface area (Å²) in [7, 11) is 0. The number of pyridine rings is 1. The van der Waals surface area contributed by atoms with Crippen molar-refractivity contribution in [3.05, 3.63) is 134 Å². The molecule has 5 heterocycles. The second-order valence-electron chi connectivity index (χ2n) is 11.1. The van der Waals surface area contributed by atoms with Gasteiger partial charge in [0.05, 0.1) is 16.9 Å². The summed E-state index contributed by atoms with van der Waals surface area (Å²) >= 11 is 1.94. The summed E-state index contributed by atoms with van der Waals surface area (Å²) in [6, 6.07) is 46.4. The van der Waals surface area contributed by atoms with E-state index in [-0.39, 0.29) is 6.71 Å². The Hall–Kier alpha value is -5.13. The monoisotopic (exact) mass is 551 g/mol. The fraction of sp³-hybridized carbons (Fsp3) is 0. The Balaban J connectivity index is 1.38. The van der Waals surface area contributed by atoms with Gasteiger partial charge < -0.3 is 4.90 Å². The molecule has 0 radical (unpaired) electrons. The van der Waals surface area contributed by atoms with Crippen molar-refractivity contribution in [2.24, 2.45) is 0 Å². The zero-order chi connectivity index (χ0) is 27.4. The molecule has 5 aromatic carbocycles. The molecule has 0 N–H and O–H groups in total. The molecule has 8 aromatic rings. The number of para-hydroxylation sites is 2. The Labute approximate surface area is 247 Å². The molecule has 0 atom stereocenters. The number of rotatable bonds is 2. The fourth-order valence-corrected chi connectivity index (χ4v) is 8.74. The molecule has 0 saturated heterocycles. The lowest BCUT2D eigenvalue weighted by Crippen LogP contribution is -2.59. The maximum Gasteiger partial charge on any atom is 0.264 e. The number of nitrogens with zero attached hydrogens (tertiary/aromatic N) is 3. The molecule has 0 bridgehead atoms. The molecule has 3 aromatic heterocycles. The Morgan fingerprint density at radius 1 is 0.595 bits per heavy atom. The molecule has 3 nitrogen and oxygen atoms in total. The Morgan fingerprint density at radius 3 is 2.29 bits per heavy atom. The molecule has 0 fully saturated rings. The van der Waals surface area contributed by atoms with Crippen molar-refractivity contribution in [3.8, 4) is 16.8 Å². The van der Waals surface area contributed by atoms with E-state index >= 15 is 0 Å². The molecule has 5 heteroatoms. The third-order valence-electron chi connectivity index (χ3n) is 9.03. The zero-order valence-electron chi connectivity index (χ0n) is 22.5. The van der Waals surface area contributed by atoms with Crippen LogP contribution in [0, 0.1) is 0 Å². The number of thiophene rings is 1. The summed E-state index contributed by atoms with van der Waals surface area (Å²) in [6.07, 6.45) is 1.92. The minimum absolute atomic E-state index is 0.143. The van der Waals surface area contributed by atoms with E-state index in [1.165, 1.54) is 76.0 Å². The van der Waals surface area contributed by atoms with Crippen molar-refractivity contribution >= 4 is 82.8 Å². The Kier molecular flexibility index (Phi) is 4.41. The van der Waals surface area contributed by atoms with Crippen molar-refractivity contribution in [1.29, 1.82) is 0 Å². The third kappa shape index (κ3) is 2.78. The average molecular weight is 551 g/mol. The standard InChI is InChI=1S/C37H22BN3S/c1-2-11-23(12-3-1)24-13-4-6-18-29(24)40-30-19-9-20-31-33(30)38(36-35(40)27-14-5-7-21-32(27)42-36)28-17-8-15-25-26-16-10-22-39-37(26)41(31)34(25)28/h1-22H. The summed E-state index contributed by atoms with van der Waals surface area (Å²) in [5.41, 5.74) is 12.4. The predicted octanol–water partition coefficient (Wildman–Crippen LogP) is 7.67. The van der Waals surface area contributed by atoms with E-state index in [4.69, 9.17) is 4.98 Å². The maximum absolute atomic E-state index is 4.92. The van der Waals surface area contributed by atoms with E-state index in [1.807, 2.05) is 17.5 Å². The topological polar surface area (TPSA) is 21.1 Å². The molecule has 0 saturated carbocycles. The van der Waals surface area contributed by atoms with Gasteiger partial charge in [0.25, 0.3) is 6.71 Å². The number of hydrogen-bond donors (Lipinski definition) is 0. The quantitative estimate of drug-likeness (QED) is 0.206. The zero-order valence-corrected chi connectivity index (χ0v) is 23.3. The van der Waals surface area contributed by atoms with Gasteiger partial charge in [-0.2, -0.15) is 0 Å². The van der Waals surface area contributed by atoms with Gasteiger partial charge in [0, 0.05) is 48.8 Å². The molecule has 0 unspecified atom stereocenters. The van der Waals surface area contributed by atoms with Crippen LogP contribution in [-0.2, 0) is 0 Å². The summed E-state index contributed by atoms with van der Waals surface area (Å²) in [6.45, 7) is 0.143. The first-order chi connectivity index (χ1) is 20.9. The van der Waals surface area contributed by atoms with Gasteiger partial charge in [-0.3, -0.25) is 4.57 Å². The Bertz CT molecular complexity index is 2390. The molecule has 2 aliphatic heterocycles. The smallest absolute Gasteiger partial charge is 0.264 e. The molecule has 194 valence electrons. The van der Waals surface area contributed by atoms with Crippen LogP contribution in [0.2, 0.25) is 0 Å². The number of aromatic nitrogens is 2. The minimum Gasteiger partial charge on any atom is -0.309 e. The predicted molar refractivity (Wildman–Crippen MR) is 179 cm³/mol. The molecule has 0 amide bonds. The maximum atomic E-state index is 4.92. The van der Waals surface area contributed by atoms with Crippen molar-refractivity contribution < 1.29 is 0 Å². The fourth-order valence-electron chi connectivity index (χ4n) is 7.42. The number of fused-ring (bicyclic) bond motifs is 9. The Morgan fingerprint density at radius 2 is 1.33 bits per heavy atom. The van der Waals surface area contributed by atoms with Crippen LogP contribution in [-0.4, -0.2) is 16.3 Å². The van der Waals surface area contributed by atoms with E-state index in [2.05, 4.69) is 137 Å². The van der Waals surface area contributed by atoms with Crippen LogP contribution in [0.3, 0.4) is 0 Å². The molecular weight excluding hydrogens is 529 g/mol. The van der Waals surface area contributed by atoms with Crippen LogP contribution in [0.15, 0.2) is 134 Å². The van der Waals surface area contributed by atoms with Gasteiger partial charge in [-0.15, -0.1) is 11.3 Å². The van der Waals surface area contributed by atoms with E-state index in [1.54, 1.807) is 0 Å². The van der Waals surface area contributed by atoms with Gasteiger partial charge in [-0.25, -0.2) is 4.98 Å². The van der Waals surface area contributed by atoms with Crippen LogP contribution >= 0.6 is 11.3 Å². The lowest BCUT2D eigenvalue weighted by molar-refractivity contribution is 1.14. The van der Waals surface area contributed by atoms with Gasteiger partial charge >= 0.3 is 0 Å². The SMILES string of the molecule is c1ccc(-c2ccccc2N2c3cccc4c3B(c3sc5ccccc5c32)c2cccc3c5cccnc5n-4c23)cc1. The van der Waals surface area contributed by atoms with Gasteiger partial charge in [0.1, 0.15) is 5.65 Å². The van der Waals surface area contributed by atoms with Gasteiger partial charge in [-0.1, -0.05) is 91.0 Å². The van der Waals surface area contributed by atoms with Crippen LogP contribution < -0.4 is 20.6 Å². The highest BCUT2D eigenvalue weighted by Gasteiger charge is 2.44. The lowest BCUT2D eigenvalue weighted by atomic mass is 9.36. The van der Waals surface area contributed by atoms with Crippen molar-refractivity contribution in [3.63, 3.8) is 0 Å². The summed E-state index contributed by atoms with van der Waals surface area (Å²) < 4.78 is 5.13. The van der Waals surface area contributed by atoms with E-state index in [9.17, 15) is 0 Å². The van der Waals surface area contributed by atoms with Crippen LogP contribution in [0.4, 0.5) is 17.1 Å². The van der Waals surface area contributed by atoms with E-state index < -0.39 is 0 Å². The molecule has 42 heavy (non-hydrogen) atoms. The first-order valence-corrected chi connectivity index (χ1v) is 15.2. The second-order valence-corrected chi connectivity index (χ2v) is 12.2. The number of anilines is 3. The average Bonchev–Trinajstić information content (AvgIpc) is 3.61. The highest BCUT2D eigenvalue weighted by molar-refractivity contribution is 7.33. The third-order valence-corrected chi connectivity index (χ3v) is 10.3. The molecule has 10 rings (SSSR count). The van der Waals surface area contributed by atoms with E-state index in [0.717, 1.165) is 5.65 Å².